The van der Waals surface area contributed by atoms with Gasteiger partial charge >= 0.3 is 0 Å². The Hall–Kier alpha value is -7.69. The third-order valence-corrected chi connectivity index (χ3v) is 8.49. The Labute approximate surface area is 341 Å². The van der Waals surface area contributed by atoms with E-state index < -0.39 is 63.7 Å². The van der Waals surface area contributed by atoms with Crippen molar-refractivity contribution in [3.63, 3.8) is 0 Å². The first-order chi connectivity index (χ1) is 29.1. The minimum absolute atomic E-state index is 0.0210. The highest BCUT2D eigenvalue weighted by Gasteiger charge is 2.30. The standard InChI is InChI=1S/C22H15F4N3O.C9H7NO.C7H2F4O.C6H8N2/c1-11-4-2-6-16(28-11)29-21(17-18(25)14(23)10-15(24)19(17)26)13-8-7-12-5-3-9-27-20(12)22(13)30;11-8-5-1-3-7-4-2-6-10-9(7)8;8-4-1-5(9)7(11)3(2-12)6(4)10;1-5-3-2-4-6(7)8-5/h2-10,21,30H,1H3,(H,28,29);1-6,11H;1-2H;2-4H,1H3,(H2,7,8). The first-order valence-electron chi connectivity index (χ1n) is 17.7. The van der Waals surface area contributed by atoms with Crippen LogP contribution in [0.4, 0.5) is 46.8 Å². The first kappa shape index (κ1) is 44.4. The highest BCUT2D eigenvalue weighted by Crippen LogP contribution is 2.39. The van der Waals surface area contributed by atoms with Crippen molar-refractivity contribution in [1.82, 2.24) is 19.9 Å². The van der Waals surface area contributed by atoms with Crippen molar-refractivity contribution in [3.8, 4) is 11.5 Å². The van der Waals surface area contributed by atoms with Crippen LogP contribution in [0.1, 0.15) is 38.9 Å². The summed E-state index contributed by atoms with van der Waals surface area (Å²) in [6.07, 6.45) is 2.83. The van der Waals surface area contributed by atoms with Crippen molar-refractivity contribution in [3.05, 3.63) is 190 Å². The van der Waals surface area contributed by atoms with Crippen LogP contribution in [0, 0.1) is 60.4 Å². The second-order valence-electron chi connectivity index (χ2n) is 12.8. The number of anilines is 2. The van der Waals surface area contributed by atoms with Gasteiger partial charge in [-0.2, -0.15) is 0 Å². The molecule has 5 N–H and O–H groups in total. The monoisotopic (exact) mass is 844 g/mol. The van der Waals surface area contributed by atoms with Crippen LogP contribution in [-0.2, 0) is 0 Å². The molecule has 4 aromatic heterocycles. The molecule has 1 atom stereocenters. The number of aldehydes is 1. The van der Waals surface area contributed by atoms with Gasteiger partial charge in [-0.25, -0.2) is 45.1 Å². The minimum Gasteiger partial charge on any atom is -0.506 e. The van der Waals surface area contributed by atoms with E-state index in [1.54, 1.807) is 61.7 Å². The first-order valence-corrected chi connectivity index (χ1v) is 17.7. The molecule has 0 amide bonds. The second kappa shape index (κ2) is 19.8. The molecule has 0 aliphatic carbocycles. The average molecular weight is 845 g/mol. The number of aryl methyl sites for hydroxylation is 2. The Morgan fingerprint density at radius 2 is 1.11 bits per heavy atom. The number of carbonyl (C=O) groups excluding carboxylic acids is 1. The zero-order chi connectivity index (χ0) is 44.4. The van der Waals surface area contributed by atoms with Crippen molar-refractivity contribution in [1.29, 1.82) is 0 Å². The lowest BCUT2D eigenvalue weighted by atomic mass is 9.95. The second-order valence-corrected chi connectivity index (χ2v) is 12.8. The number of nitrogens with one attached hydrogen (secondary N) is 1. The predicted molar refractivity (Wildman–Crippen MR) is 213 cm³/mol. The molecular weight excluding hydrogens is 813 g/mol. The molecular formula is C44H32F8N6O3. The number of phenolic OH excluding ortho intramolecular Hbond substituents is 2. The Morgan fingerprint density at radius 1 is 0.607 bits per heavy atom. The molecule has 4 heterocycles. The number of nitrogen functional groups attached to an aromatic ring is 1. The maximum absolute atomic E-state index is 14.7. The number of nitrogens with zero attached hydrogens (tertiary/aromatic N) is 4. The maximum atomic E-state index is 14.7. The molecule has 0 saturated heterocycles. The lowest BCUT2D eigenvalue weighted by Crippen LogP contribution is -2.19. The average Bonchev–Trinajstić information content (AvgIpc) is 3.23. The van der Waals surface area contributed by atoms with Gasteiger partial charge in [0, 0.05) is 52.3 Å². The van der Waals surface area contributed by atoms with Crippen LogP contribution in [0.2, 0.25) is 0 Å². The molecule has 0 aliphatic heterocycles. The third kappa shape index (κ3) is 10.7. The van der Waals surface area contributed by atoms with Gasteiger partial charge in [0.1, 0.15) is 34.2 Å². The lowest BCUT2D eigenvalue weighted by Gasteiger charge is -2.23. The molecule has 8 aromatic rings. The summed E-state index contributed by atoms with van der Waals surface area (Å²) in [5.41, 5.74) is 5.59. The van der Waals surface area contributed by atoms with E-state index in [4.69, 9.17) is 5.73 Å². The van der Waals surface area contributed by atoms with Crippen molar-refractivity contribution in [2.75, 3.05) is 11.1 Å². The van der Waals surface area contributed by atoms with E-state index >= 15 is 0 Å². The molecule has 4 aromatic carbocycles. The molecule has 0 aliphatic rings. The molecule has 0 spiro atoms. The number of fused-ring (bicyclic) bond motifs is 2. The fourth-order valence-corrected chi connectivity index (χ4v) is 5.65. The van der Waals surface area contributed by atoms with E-state index in [0.29, 0.717) is 22.4 Å². The fraction of sp³-hybridized carbons (Fsp3) is 0.0682. The molecule has 0 radical (unpaired) electrons. The largest absolute Gasteiger partial charge is 0.506 e. The zero-order valence-electron chi connectivity index (χ0n) is 31.8. The Balaban J connectivity index is 0.000000184. The van der Waals surface area contributed by atoms with Crippen molar-refractivity contribution in [2.24, 2.45) is 0 Å². The van der Waals surface area contributed by atoms with Crippen molar-refractivity contribution < 1.29 is 50.1 Å². The molecule has 61 heavy (non-hydrogen) atoms. The number of hydrogen-bond donors (Lipinski definition) is 4. The van der Waals surface area contributed by atoms with E-state index in [2.05, 4.69) is 25.3 Å². The lowest BCUT2D eigenvalue weighted by molar-refractivity contribution is 0.111. The molecule has 0 saturated carbocycles. The fourth-order valence-electron chi connectivity index (χ4n) is 5.65. The number of rotatable bonds is 5. The van der Waals surface area contributed by atoms with Gasteiger partial charge in [-0.3, -0.25) is 14.8 Å². The van der Waals surface area contributed by atoms with Gasteiger partial charge in [0.2, 0.25) is 0 Å². The van der Waals surface area contributed by atoms with Crippen LogP contribution in [0.3, 0.4) is 0 Å². The summed E-state index contributed by atoms with van der Waals surface area (Å²) >= 11 is 0. The molecule has 17 heteroatoms. The van der Waals surface area contributed by atoms with Gasteiger partial charge in [-0.1, -0.05) is 48.5 Å². The van der Waals surface area contributed by atoms with Gasteiger partial charge in [0.05, 0.1) is 17.2 Å². The number of nitrogens with two attached hydrogens (primary N) is 1. The van der Waals surface area contributed by atoms with Gasteiger partial charge < -0.3 is 21.3 Å². The van der Waals surface area contributed by atoms with Crippen LogP contribution in [0.25, 0.3) is 21.8 Å². The highest BCUT2D eigenvalue weighted by molar-refractivity contribution is 5.86. The van der Waals surface area contributed by atoms with E-state index in [1.807, 2.05) is 37.3 Å². The van der Waals surface area contributed by atoms with Crippen LogP contribution in [0.15, 0.2) is 116 Å². The molecule has 1 unspecified atom stereocenters. The number of aromatic nitrogens is 4. The van der Waals surface area contributed by atoms with Gasteiger partial charge in [-0.15, -0.1) is 0 Å². The van der Waals surface area contributed by atoms with E-state index in [-0.39, 0.29) is 46.8 Å². The molecule has 9 nitrogen and oxygen atoms in total. The van der Waals surface area contributed by atoms with E-state index in [9.17, 15) is 50.1 Å². The highest BCUT2D eigenvalue weighted by atomic mass is 19.2. The predicted octanol–water partition coefficient (Wildman–Crippen LogP) is 10.4. The summed E-state index contributed by atoms with van der Waals surface area (Å²) in [5.74, 6) is -12.1. The summed E-state index contributed by atoms with van der Waals surface area (Å²) in [6.45, 7) is 3.62. The molecule has 0 bridgehead atoms. The number of hydrogen-bond acceptors (Lipinski definition) is 9. The van der Waals surface area contributed by atoms with Crippen LogP contribution in [0.5, 0.6) is 11.5 Å². The number of carbonyl (C=O) groups is 1. The Bertz CT molecular complexity index is 2780. The number of para-hydroxylation sites is 1. The van der Waals surface area contributed by atoms with Crippen molar-refractivity contribution in [2.45, 2.75) is 19.9 Å². The van der Waals surface area contributed by atoms with E-state index in [0.717, 1.165) is 11.1 Å². The maximum Gasteiger partial charge on any atom is 0.172 e. The number of phenols is 2. The summed E-state index contributed by atoms with van der Waals surface area (Å²) in [4.78, 5) is 26.2. The SMILES string of the molecule is Cc1cccc(N)n1.Cc1cccc(NC(c2ccc3cccnc3c2O)c2c(F)c(F)cc(F)c2F)n1.O=Cc1c(F)c(F)cc(F)c1F.Oc1cccc2cccnc12. The number of benzene rings is 4. The summed E-state index contributed by atoms with van der Waals surface area (Å²) in [5, 5.41) is 24.4. The Morgan fingerprint density at radius 3 is 1.64 bits per heavy atom. The number of pyridine rings is 4. The van der Waals surface area contributed by atoms with Gasteiger partial charge in [0.15, 0.2) is 52.8 Å². The molecule has 0 fully saturated rings. The third-order valence-electron chi connectivity index (χ3n) is 8.49. The molecule has 8 rings (SSSR count). The van der Waals surface area contributed by atoms with Crippen LogP contribution < -0.4 is 11.1 Å². The molecule has 312 valence electrons. The van der Waals surface area contributed by atoms with Crippen LogP contribution in [-0.4, -0.2) is 36.4 Å². The quantitative estimate of drug-likeness (QED) is 0.0755. The zero-order valence-corrected chi connectivity index (χ0v) is 31.8. The van der Waals surface area contributed by atoms with Gasteiger partial charge in [-0.05, 0) is 56.3 Å². The number of halogens is 8. The summed E-state index contributed by atoms with van der Waals surface area (Å²) in [6, 6.07) is 24.6. The summed E-state index contributed by atoms with van der Waals surface area (Å²) < 4.78 is 107. The number of aromatic hydroxyl groups is 2. The van der Waals surface area contributed by atoms with Gasteiger partial charge in [0.25, 0.3) is 0 Å². The smallest absolute Gasteiger partial charge is 0.172 e. The van der Waals surface area contributed by atoms with Crippen LogP contribution >= 0.6 is 0 Å². The van der Waals surface area contributed by atoms with Crippen molar-refractivity contribution >= 4 is 39.7 Å². The normalized spacial score (nSPS) is 11.0. The Kier molecular flexibility index (Phi) is 14.4. The van der Waals surface area contributed by atoms with E-state index in [1.165, 1.54) is 18.3 Å². The summed E-state index contributed by atoms with van der Waals surface area (Å²) in [7, 11) is 0. The topological polar surface area (TPSA) is 147 Å². The minimum atomic E-state index is -1.68.